The second kappa shape index (κ2) is 4.92. The van der Waals surface area contributed by atoms with E-state index in [1.165, 1.54) is 0 Å². The quantitative estimate of drug-likeness (QED) is 0.878. The van der Waals surface area contributed by atoms with Crippen LogP contribution < -0.4 is 5.32 Å². The monoisotopic (exact) mass is 328 g/mol. The third kappa shape index (κ3) is 2.25. The highest BCUT2D eigenvalue weighted by molar-refractivity contribution is 14.1. The Balaban J connectivity index is 2.48. The second-order valence-corrected chi connectivity index (χ2v) is 4.78. The predicted octanol–water partition coefficient (Wildman–Crippen LogP) is 2.15. The lowest BCUT2D eigenvalue weighted by molar-refractivity contribution is 0.638. The molecule has 16 heavy (non-hydrogen) atoms. The van der Waals surface area contributed by atoms with E-state index in [1.54, 1.807) is 6.20 Å². The van der Waals surface area contributed by atoms with Crippen LogP contribution in [0.15, 0.2) is 30.7 Å². The molecule has 0 fully saturated rings. The number of halogens is 1. The van der Waals surface area contributed by atoms with Crippen molar-refractivity contribution in [3.63, 3.8) is 0 Å². The van der Waals surface area contributed by atoms with Gasteiger partial charge < -0.3 is 5.32 Å². The molecule has 2 aromatic heterocycles. The van der Waals surface area contributed by atoms with Gasteiger partial charge in [-0.3, -0.25) is 0 Å². The number of rotatable bonds is 3. The van der Waals surface area contributed by atoms with Crippen molar-refractivity contribution in [2.75, 3.05) is 7.05 Å². The highest BCUT2D eigenvalue weighted by Crippen LogP contribution is 2.18. The molecule has 2 aromatic rings. The Morgan fingerprint density at radius 3 is 2.94 bits per heavy atom. The van der Waals surface area contributed by atoms with Crippen LogP contribution in [0.2, 0.25) is 0 Å². The summed E-state index contributed by atoms with van der Waals surface area (Å²) in [5.74, 6) is 0.882. The summed E-state index contributed by atoms with van der Waals surface area (Å²) in [6, 6.07) is 4.27. The van der Waals surface area contributed by atoms with Gasteiger partial charge in [0.1, 0.15) is 0 Å². The molecule has 1 unspecified atom stereocenters. The first-order chi connectivity index (χ1) is 7.72. The van der Waals surface area contributed by atoms with E-state index in [9.17, 15) is 0 Å². The Bertz CT molecular complexity index is 480. The van der Waals surface area contributed by atoms with E-state index in [0.717, 1.165) is 15.0 Å². The minimum absolute atomic E-state index is 0.255. The fourth-order valence-corrected chi connectivity index (χ4v) is 1.90. The average molecular weight is 328 g/mol. The zero-order valence-electron chi connectivity index (χ0n) is 9.18. The normalized spacial score (nSPS) is 12.7. The van der Waals surface area contributed by atoms with E-state index < -0.39 is 0 Å². The molecule has 0 bridgehead atoms. The van der Waals surface area contributed by atoms with Gasteiger partial charge in [0.05, 0.1) is 9.77 Å². The number of nitrogens with zero attached hydrogens (tertiary/aromatic N) is 3. The molecule has 1 atom stereocenters. The number of aromatic nitrogens is 3. The van der Waals surface area contributed by atoms with Gasteiger partial charge in [-0.05, 0) is 42.6 Å². The predicted molar refractivity (Wildman–Crippen MR) is 71.6 cm³/mol. The minimum atomic E-state index is 0.255. The Kier molecular flexibility index (Phi) is 3.55. The lowest BCUT2D eigenvalue weighted by atomic mass is 10.1. The van der Waals surface area contributed by atoms with Crippen molar-refractivity contribution >= 4 is 22.6 Å². The Hall–Kier alpha value is -0.950. The molecular formula is C11H13IN4. The fraction of sp³-hybridized carbons (Fsp3) is 0.273. The van der Waals surface area contributed by atoms with Crippen LogP contribution in [0.3, 0.4) is 0 Å². The lowest BCUT2D eigenvalue weighted by Crippen LogP contribution is -2.16. The van der Waals surface area contributed by atoms with Crippen LogP contribution in [-0.4, -0.2) is 21.8 Å². The molecule has 0 radical (unpaired) electrons. The largest absolute Gasteiger partial charge is 0.313 e. The van der Waals surface area contributed by atoms with Crippen molar-refractivity contribution in [1.29, 1.82) is 0 Å². The second-order valence-electron chi connectivity index (χ2n) is 3.53. The Morgan fingerprint density at radius 2 is 2.31 bits per heavy atom. The summed E-state index contributed by atoms with van der Waals surface area (Å²) in [5, 5.41) is 7.50. The average Bonchev–Trinajstić information content (AvgIpc) is 2.75. The molecular weight excluding hydrogens is 315 g/mol. The maximum Gasteiger partial charge on any atom is 0.158 e. The summed E-state index contributed by atoms with van der Waals surface area (Å²) in [6.07, 6.45) is 5.58. The molecule has 0 amide bonds. The van der Waals surface area contributed by atoms with Gasteiger partial charge in [0.2, 0.25) is 0 Å². The summed E-state index contributed by atoms with van der Waals surface area (Å²) in [7, 11) is 1.94. The molecule has 0 aromatic carbocycles. The molecule has 84 valence electrons. The van der Waals surface area contributed by atoms with Crippen molar-refractivity contribution in [2.24, 2.45) is 0 Å². The number of hydrogen-bond acceptors (Lipinski definition) is 3. The van der Waals surface area contributed by atoms with Gasteiger partial charge in [-0.15, -0.1) is 0 Å². The van der Waals surface area contributed by atoms with E-state index in [1.807, 2.05) is 30.2 Å². The standard InChI is InChI=1S/C11H13IN4/c1-8(13-2)10-4-3-5-14-11(10)16-7-9(12)6-15-16/h3-8,13H,1-2H3. The van der Waals surface area contributed by atoms with E-state index in [-0.39, 0.29) is 6.04 Å². The number of nitrogens with one attached hydrogen (secondary N) is 1. The van der Waals surface area contributed by atoms with Gasteiger partial charge in [0.15, 0.2) is 5.82 Å². The van der Waals surface area contributed by atoms with Crippen molar-refractivity contribution in [3.05, 3.63) is 39.9 Å². The maximum absolute atomic E-state index is 4.39. The minimum Gasteiger partial charge on any atom is -0.313 e. The van der Waals surface area contributed by atoms with E-state index >= 15 is 0 Å². The summed E-state index contributed by atoms with van der Waals surface area (Å²) < 4.78 is 2.91. The molecule has 0 aliphatic carbocycles. The summed E-state index contributed by atoms with van der Waals surface area (Å²) in [4.78, 5) is 4.39. The first kappa shape index (κ1) is 11.5. The first-order valence-corrected chi connectivity index (χ1v) is 6.13. The molecule has 1 N–H and O–H groups in total. The topological polar surface area (TPSA) is 42.7 Å². The van der Waals surface area contributed by atoms with Gasteiger partial charge in [-0.1, -0.05) is 6.07 Å². The van der Waals surface area contributed by atoms with Crippen molar-refractivity contribution in [1.82, 2.24) is 20.1 Å². The first-order valence-electron chi connectivity index (χ1n) is 5.05. The maximum atomic E-state index is 4.39. The Labute approximate surface area is 108 Å². The number of hydrogen-bond donors (Lipinski definition) is 1. The molecule has 5 heteroatoms. The lowest BCUT2D eigenvalue weighted by Gasteiger charge is -2.14. The molecule has 0 saturated heterocycles. The van der Waals surface area contributed by atoms with Gasteiger partial charge in [0.25, 0.3) is 0 Å². The molecule has 2 heterocycles. The van der Waals surface area contributed by atoms with Gasteiger partial charge in [-0.25, -0.2) is 9.67 Å². The van der Waals surface area contributed by atoms with E-state index in [2.05, 4.69) is 51.0 Å². The summed E-state index contributed by atoms with van der Waals surface area (Å²) in [6.45, 7) is 2.11. The molecule has 0 aliphatic heterocycles. The van der Waals surface area contributed by atoms with Crippen molar-refractivity contribution in [2.45, 2.75) is 13.0 Å². The van der Waals surface area contributed by atoms with E-state index in [0.29, 0.717) is 0 Å². The van der Waals surface area contributed by atoms with E-state index in [4.69, 9.17) is 0 Å². The zero-order valence-corrected chi connectivity index (χ0v) is 11.3. The van der Waals surface area contributed by atoms with Crippen LogP contribution in [-0.2, 0) is 0 Å². The van der Waals surface area contributed by atoms with Crippen molar-refractivity contribution < 1.29 is 0 Å². The number of pyridine rings is 1. The van der Waals surface area contributed by atoms with Crippen LogP contribution in [0.1, 0.15) is 18.5 Å². The summed E-state index contributed by atoms with van der Waals surface area (Å²) in [5.41, 5.74) is 1.14. The highest BCUT2D eigenvalue weighted by atomic mass is 127. The van der Waals surface area contributed by atoms with Crippen LogP contribution in [0.25, 0.3) is 5.82 Å². The molecule has 0 saturated carbocycles. The van der Waals surface area contributed by atoms with Gasteiger partial charge in [0, 0.05) is 24.0 Å². The van der Waals surface area contributed by atoms with Crippen LogP contribution >= 0.6 is 22.6 Å². The molecule has 4 nitrogen and oxygen atoms in total. The molecule has 2 rings (SSSR count). The van der Waals surface area contributed by atoms with Crippen LogP contribution in [0, 0.1) is 3.57 Å². The SMILES string of the molecule is CNC(C)c1cccnc1-n1cc(I)cn1. The van der Waals surface area contributed by atoms with Crippen molar-refractivity contribution in [3.8, 4) is 5.82 Å². The smallest absolute Gasteiger partial charge is 0.158 e. The summed E-state index contributed by atoms with van der Waals surface area (Å²) >= 11 is 2.24. The zero-order chi connectivity index (χ0) is 11.5. The van der Waals surface area contributed by atoms with Crippen LogP contribution in [0.4, 0.5) is 0 Å². The third-order valence-electron chi connectivity index (χ3n) is 2.48. The third-order valence-corrected chi connectivity index (χ3v) is 3.04. The van der Waals surface area contributed by atoms with Crippen LogP contribution in [0.5, 0.6) is 0 Å². The molecule has 0 aliphatic rings. The molecule has 0 spiro atoms. The Morgan fingerprint density at radius 1 is 1.50 bits per heavy atom. The highest BCUT2D eigenvalue weighted by Gasteiger charge is 2.11. The van der Waals surface area contributed by atoms with Gasteiger partial charge in [-0.2, -0.15) is 5.10 Å². The van der Waals surface area contributed by atoms with Gasteiger partial charge >= 0.3 is 0 Å². The fourth-order valence-electron chi connectivity index (χ4n) is 1.51.